The van der Waals surface area contributed by atoms with E-state index in [1.54, 1.807) is 24.3 Å². The Bertz CT molecular complexity index is 543. The number of ether oxygens (including phenoxy) is 1. The highest BCUT2D eigenvalue weighted by molar-refractivity contribution is 7.79. The molecule has 88 valence electrons. The minimum atomic E-state index is -2.13. The lowest BCUT2D eigenvalue weighted by molar-refractivity contribution is 0.468. The average Bonchev–Trinajstić information content (AvgIpc) is 2.33. The van der Waals surface area contributed by atoms with Crippen molar-refractivity contribution in [3.63, 3.8) is 0 Å². The molecule has 2 aromatic rings. The normalized spacial score (nSPS) is 12.1. The fourth-order valence-corrected chi connectivity index (χ4v) is 1.90. The molecule has 0 aliphatic heterocycles. The number of anilines is 1. The number of hydrogen-bond donors (Lipinski definition) is 2. The Labute approximate surface area is 101 Å². The smallest absolute Gasteiger partial charge is 0.190 e. The molecule has 0 bridgehead atoms. The summed E-state index contributed by atoms with van der Waals surface area (Å²) in [7, 11) is 0. The fourth-order valence-electron chi connectivity index (χ4n) is 1.39. The molecule has 0 spiro atoms. The quantitative estimate of drug-likeness (QED) is 0.648. The maximum atomic E-state index is 11.1. The van der Waals surface area contributed by atoms with E-state index in [-0.39, 0.29) is 10.6 Å². The van der Waals surface area contributed by atoms with Crippen LogP contribution in [0.5, 0.6) is 11.5 Å². The number of nitrogens with two attached hydrogens (primary N) is 1. The van der Waals surface area contributed by atoms with Gasteiger partial charge in [-0.1, -0.05) is 24.3 Å². The van der Waals surface area contributed by atoms with Crippen LogP contribution in [0.2, 0.25) is 0 Å². The van der Waals surface area contributed by atoms with E-state index in [4.69, 9.17) is 15.0 Å². The minimum absolute atomic E-state index is 0.161. The van der Waals surface area contributed by atoms with Gasteiger partial charge in [-0.05, 0) is 24.3 Å². The molecule has 2 aromatic carbocycles. The van der Waals surface area contributed by atoms with Gasteiger partial charge in [-0.2, -0.15) is 0 Å². The predicted octanol–water partition coefficient (Wildman–Crippen LogP) is 2.64. The molecule has 0 radical (unpaired) electrons. The molecule has 0 heterocycles. The predicted molar refractivity (Wildman–Crippen MR) is 66.4 cm³/mol. The lowest BCUT2D eigenvalue weighted by Gasteiger charge is -2.11. The zero-order chi connectivity index (χ0) is 12.3. The van der Waals surface area contributed by atoms with Crippen LogP contribution in [0.4, 0.5) is 5.69 Å². The van der Waals surface area contributed by atoms with E-state index < -0.39 is 11.1 Å². The second-order valence-electron chi connectivity index (χ2n) is 3.34. The van der Waals surface area contributed by atoms with Gasteiger partial charge >= 0.3 is 0 Å². The molecule has 0 saturated carbocycles. The van der Waals surface area contributed by atoms with E-state index in [9.17, 15) is 4.21 Å². The van der Waals surface area contributed by atoms with Crippen molar-refractivity contribution in [1.82, 2.24) is 0 Å². The van der Waals surface area contributed by atoms with Gasteiger partial charge in [0.05, 0.1) is 5.69 Å². The molecular weight excluding hydrogens is 238 g/mol. The van der Waals surface area contributed by atoms with E-state index in [2.05, 4.69) is 0 Å². The van der Waals surface area contributed by atoms with Crippen LogP contribution in [0.15, 0.2) is 53.4 Å². The topological polar surface area (TPSA) is 72.6 Å². The zero-order valence-corrected chi connectivity index (χ0v) is 9.68. The number of nitrogen functional groups attached to an aromatic ring is 1. The van der Waals surface area contributed by atoms with Crippen molar-refractivity contribution in [1.29, 1.82) is 0 Å². The summed E-state index contributed by atoms with van der Waals surface area (Å²) in [4.78, 5) is 0.161. The van der Waals surface area contributed by atoms with Crippen molar-refractivity contribution in [3.05, 3.63) is 48.5 Å². The number of benzene rings is 2. The van der Waals surface area contributed by atoms with Crippen molar-refractivity contribution < 1.29 is 13.5 Å². The Hall–Kier alpha value is -1.85. The van der Waals surface area contributed by atoms with Gasteiger partial charge in [0.1, 0.15) is 10.6 Å². The number of rotatable bonds is 3. The van der Waals surface area contributed by atoms with E-state index in [1.807, 2.05) is 18.2 Å². The SMILES string of the molecule is Nc1cccc(S(=O)O)c1Oc1ccccc1. The Morgan fingerprint density at radius 3 is 2.41 bits per heavy atom. The second-order valence-corrected chi connectivity index (χ2v) is 4.28. The highest BCUT2D eigenvalue weighted by atomic mass is 32.2. The highest BCUT2D eigenvalue weighted by Crippen LogP contribution is 2.32. The van der Waals surface area contributed by atoms with Gasteiger partial charge in [0.2, 0.25) is 0 Å². The molecule has 0 saturated heterocycles. The van der Waals surface area contributed by atoms with Crippen LogP contribution in [0.1, 0.15) is 0 Å². The molecule has 2 rings (SSSR count). The summed E-state index contributed by atoms with van der Waals surface area (Å²) in [5, 5.41) is 0. The van der Waals surface area contributed by atoms with Crippen LogP contribution < -0.4 is 10.5 Å². The van der Waals surface area contributed by atoms with Gasteiger partial charge in [0.15, 0.2) is 16.8 Å². The zero-order valence-electron chi connectivity index (χ0n) is 8.87. The fraction of sp³-hybridized carbons (Fsp3) is 0. The van der Waals surface area contributed by atoms with Crippen molar-refractivity contribution >= 4 is 16.8 Å². The Kier molecular flexibility index (Phi) is 3.41. The lowest BCUT2D eigenvalue weighted by Crippen LogP contribution is -1.98. The average molecular weight is 249 g/mol. The van der Waals surface area contributed by atoms with Crippen molar-refractivity contribution in [3.8, 4) is 11.5 Å². The van der Waals surface area contributed by atoms with Crippen LogP contribution in [-0.4, -0.2) is 8.76 Å². The van der Waals surface area contributed by atoms with E-state index in [0.717, 1.165) is 0 Å². The molecule has 4 nitrogen and oxygen atoms in total. The van der Waals surface area contributed by atoms with Crippen LogP contribution >= 0.6 is 0 Å². The number of hydrogen-bond acceptors (Lipinski definition) is 3. The third-order valence-corrected chi connectivity index (χ3v) is 2.86. The molecule has 5 heteroatoms. The summed E-state index contributed by atoms with van der Waals surface area (Å²) in [6.07, 6.45) is 0. The molecule has 3 N–H and O–H groups in total. The Morgan fingerprint density at radius 2 is 1.76 bits per heavy atom. The van der Waals surface area contributed by atoms with E-state index in [0.29, 0.717) is 11.4 Å². The first-order chi connectivity index (χ1) is 8.18. The first-order valence-electron chi connectivity index (χ1n) is 4.90. The summed E-state index contributed by atoms with van der Waals surface area (Å²) >= 11 is -2.13. The third-order valence-electron chi connectivity index (χ3n) is 2.16. The molecule has 1 unspecified atom stereocenters. The molecule has 17 heavy (non-hydrogen) atoms. The van der Waals surface area contributed by atoms with Crippen molar-refractivity contribution in [2.24, 2.45) is 0 Å². The van der Waals surface area contributed by atoms with Gasteiger partial charge in [0, 0.05) is 0 Å². The van der Waals surface area contributed by atoms with E-state index >= 15 is 0 Å². The minimum Gasteiger partial charge on any atom is -0.454 e. The highest BCUT2D eigenvalue weighted by Gasteiger charge is 2.13. The van der Waals surface area contributed by atoms with Gasteiger partial charge < -0.3 is 15.0 Å². The molecule has 0 amide bonds. The molecular formula is C12H11NO3S. The largest absolute Gasteiger partial charge is 0.454 e. The van der Waals surface area contributed by atoms with Crippen LogP contribution in [0, 0.1) is 0 Å². The standard InChI is InChI=1S/C12H11NO3S/c13-10-7-4-8-11(17(14)15)12(10)16-9-5-2-1-3-6-9/h1-8H,13H2,(H,14,15). The lowest BCUT2D eigenvalue weighted by atomic mass is 10.3. The van der Waals surface area contributed by atoms with Crippen LogP contribution in [-0.2, 0) is 11.1 Å². The molecule has 1 atom stereocenters. The van der Waals surface area contributed by atoms with Crippen LogP contribution in [0.3, 0.4) is 0 Å². The Morgan fingerprint density at radius 1 is 1.06 bits per heavy atom. The van der Waals surface area contributed by atoms with Crippen molar-refractivity contribution in [2.45, 2.75) is 4.90 Å². The molecule has 0 fully saturated rings. The van der Waals surface area contributed by atoms with Gasteiger partial charge in [0.25, 0.3) is 0 Å². The maximum absolute atomic E-state index is 11.1. The third kappa shape index (κ3) is 2.64. The first kappa shape index (κ1) is 11.6. The summed E-state index contributed by atoms with van der Waals surface area (Å²) in [6, 6.07) is 13.7. The van der Waals surface area contributed by atoms with Gasteiger partial charge in [-0.15, -0.1) is 0 Å². The summed E-state index contributed by atoms with van der Waals surface area (Å²) in [5.74, 6) is 0.789. The maximum Gasteiger partial charge on any atom is 0.190 e. The van der Waals surface area contributed by atoms with Crippen LogP contribution in [0.25, 0.3) is 0 Å². The van der Waals surface area contributed by atoms with Crippen molar-refractivity contribution in [2.75, 3.05) is 5.73 Å². The molecule has 0 aliphatic carbocycles. The first-order valence-corrected chi connectivity index (χ1v) is 6.01. The summed E-state index contributed by atoms with van der Waals surface area (Å²) < 4.78 is 25.8. The second kappa shape index (κ2) is 4.99. The van der Waals surface area contributed by atoms with E-state index in [1.165, 1.54) is 6.07 Å². The monoisotopic (exact) mass is 249 g/mol. The Balaban J connectivity index is 2.41. The summed E-state index contributed by atoms with van der Waals surface area (Å²) in [6.45, 7) is 0. The molecule has 0 aromatic heterocycles. The van der Waals surface area contributed by atoms with Gasteiger partial charge in [-0.25, -0.2) is 4.21 Å². The number of para-hydroxylation sites is 2. The van der Waals surface area contributed by atoms with Gasteiger partial charge in [-0.3, -0.25) is 0 Å². The molecule has 0 aliphatic rings. The summed E-state index contributed by atoms with van der Waals surface area (Å²) in [5.41, 5.74) is 6.06.